The van der Waals surface area contributed by atoms with Gasteiger partial charge in [-0.2, -0.15) is 0 Å². The highest BCUT2D eigenvalue weighted by Gasteiger charge is 2.00. The molecule has 1 heterocycles. The van der Waals surface area contributed by atoms with E-state index in [1.165, 1.54) is 16.7 Å². The summed E-state index contributed by atoms with van der Waals surface area (Å²) >= 11 is 0. The van der Waals surface area contributed by atoms with Crippen LogP contribution in [0, 0.1) is 13.8 Å². The van der Waals surface area contributed by atoms with E-state index >= 15 is 0 Å². The van der Waals surface area contributed by atoms with Gasteiger partial charge in [-0.25, -0.2) is 4.98 Å². The third-order valence-electron chi connectivity index (χ3n) is 3.47. The molecule has 2 aromatic carbocycles. The molecule has 0 amide bonds. The number of nitrogens with zero attached hydrogens (tertiary/aromatic N) is 1. The number of hydrogen-bond donors (Lipinski definition) is 1. The highest BCUT2D eigenvalue weighted by Crippen LogP contribution is 2.21. The van der Waals surface area contributed by atoms with E-state index in [4.69, 9.17) is 0 Å². The minimum atomic E-state index is 0.856. The molecule has 2 heteroatoms. The number of hydrogen-bond acceptors (Lipinski definition) is 2. The van der Waals surface area contributed by atoms with Gasteiger partial charge in [0.15, 0.2) is 0 Å². The van der Waals surface area contributed by atoms with E-state index < -0.39 is 0 Å². The molecule has 21 heavy (non-hydrogen) atoms. The van der Waals surface area contributed by atoms with Crippen molar-refractivity contribution in [2.24, 2.45) is 0 Å². The van der Waals surface area contributed by atoms with Gasteiger partial charge in [-0.3, -0.25) is 0 Å². The van der Waals surface area contributed by atoms with Crippen molar-refractivity contribution in [3.63, 3.8) is 0 Å². The summed E-state index contributed by atoms with van der Waals surface area (Å²) in [7, 11) is 0. The fourth-order valence-electron chi connectivity index (χ4n) is 2.17. The van der Waals surface area contributed by atoms with Gasteiger partial charge in [0.05, 0.1) is 0 Å². The maximum atomic E-state index is 4.48. The van der Waals surface area contributed by atoms with Gasteiger partial charge in [0.2, 0.25) is 0 Å². The molecule has 1 aromatic heterocycles. The fraction of sp³-hybridized carbons (Fsp3) is 0.105. The minimum absolute atomic E-state index is 0.856. The molecule has 0 saturated carbocycles. The summed E-state index contributed by atoms with van der Waals surface area (Å²) in [6.07, 6.45) is 1.90. The van der Waals surface area contributed by atoms with Crippen LogP contribution in [0.25, 0.3) is 11.1 Å². The van der Waals surface area contributed by atoms with Crippen LogP contribution < -0.4 is 5.32 Å². The molecule has 0 bridgehead atoms. The third-order valence-corrected chi connectivity index (χ3v) is 3.47. The molecular formula is C19H18N2. The molecule has 0 saturated heterocycles. The molecular weight excluding hydrogens is 256 g/mol. The van der Waals surface area contributed by atoms with Crippen LogP contribution in [0.15, 0.2) is 66.9 Å². The molecule has 0 fully saturated rings. The van der Waals surface area contributed by atoms with Crippen LogP contribution >= 0.6 is 0 Å². The summed E-state index contributed by atoms with van der Waals surface area (Å²) in [4.78, 5) is 4.48. The molecule has 0 atom stereocenters. The van der Waals surface area contributed by atoms with Crippen molar-refractivity contribution in [3.05, 3.63) is 78.0 Å². The quantitative estimate of drug-likeness (QED) is 0.718. The maximum absolute atomic E-state index is 4.48. The van der Waals surface area contributed by atoms with Crippen molar-refractivity contribution in [1.29, 1.82) is 0 Å². The van der Waals surface area contributed by atoms with Gasteiger partial charge >= 0.3 is 0 Å². The maximum Gasteiger partial charge on any atom is 0.130 e. The van der Waals surface area contributed by atoms with Crippen LogP contribution in [0.5, 0.6) is 0 Å². The van der Waals surface area contributed by atoms with Gasteiger partial charge in [0, 0.05) is 17.4 Å². The molecule has 0 aliphatic carbocycles. The number of benzene rings is 2. The summed E-state index contributed by atoms with van der Waals surface area (Å²) in [6, 6.07) is 20.9. The summed E-state index contributed by atoms with van der Waals surface area (Å²) in [6.45, 7) is 4.18. The smallest absolute Gasteiger partial charge is 0.130 e. The van der Waals surface area contributed by atoms with Crippen LogP contribution in [-0.4, -0.2) is 4.98 Å². The Balaban J connectivity index is 1.77. The Morgan fingerprint density at radius 2 is 1.24 bits per heavy atom. The van der Waals surface area contributed by atoms with Crippen LogP contribution in [0.3, 0.4) is 0 Å². The molecule has 3 rings (SSSR count). The Kier molecular flexibility index (Phi) is 3.69. The second-order valence-electron chi connectivity index (χ2n) is 5.29. The standard InChI is InChI=1S/C19H18N2/c1-14-3-7-16(8-4-14)17-9-12-19(20-13-17)21-18-10-5-15(2)6-11-18/h3-13H,1-2H3,(H,20,21). The lowest BCUT2D eigenvalue weighted by Crippen LogP contribution is -1.93. The van der Waals surface area contributed by atoms with Gasteiger partial charge < -0.3 is 5.32 Å². The first-order valence-electron chi connectivity index (χ1n) is 7.07. The van der Waals surface area contributed by atoms with Gasteiger partial charge in [-0.1, -0.05) is 47.5 Å². The molecule has 1 N–H and O–H groups in total. The lowest BCUT2D eigenvalue weighted by Gasteiger charge is -2.07. The van der Waals surface area contributed by atoms with Crippen LogP contribution in [-0.2, 0) is 0 Å². The Labute approximate surface area is 125 Å². The normalized spacial score (nSPS) is 10.4. The fourth-order valence-corrected chi connectivity index (χ4v) is 2.17. The number of aryl methyl sites for hydroxylation is 2. The predicted molar refractivity (Wildman–Crippen MR) is 88.9 cm³/mol. The largest absolute Gasteiger partial charge is 0.340 e. The second-order valence-corrected chi connectivity index (χ2v) is 5.29. The van der Waals surface area contributed by atoms with E-state index in [0.29, 0.717) is 0 Å². The second kappa shape index (κ2) is 5.80. The predicted octanol–water partition coefficient (Wildman–Crippen LogP) is 5.11. The van der Waals surface area contributed by atoms with E-state index in [1.54, 1.807) is 0 Å². The molecule has 0 aliphatic heterocycles. The van der Waals surface area contributed by atoms with Crippen molar-refractivity contribution in [2.75, 3.05) is 5.32 Å². The van der Waals surface area contributed by atoms with Crippen molar-refractivity contribution in [3.8, 4) is 11.1 Å². The van der Waals surface area contributed by atoms with Gasteiger partial charge in [0.25, 0.3) is 0 Å². The number of pyridine rings is 1. The summed E-state index contributed by atoms with van der Waals surface area (Å²) in [5.41, 5.74) is 5.89. The Morgan fingerprint density at radius 1 is 0.667 bits per heavy atom. The van der Waals surface area contributed by atoms with E-state index in [2.05, 4.69) is 78.7 Å². The Morgan fingerprint density at radius 3 is 1.81 bits per heavy atom. The topological polar surface area (TPSA) is 24.9 Å². The highest BCUT2D eigenvalue weighted by molar-refractivity contribution is 5.65. The lowest BCUT2D eigenvalue weighted by molar-refractivity contribution is 1.30. The van der Waals surface area contributed by atoms with Gasteiger partial charge in [0.1, 0.15) is 5.82 Å². The van der Waals surface area contributed by atoms with E-state index in [0.717, 1.165) is 17.1 Å². The first-order chi connectivity index (χ1) is 10.2. The molecule has 3 aromatic rings. The van der Waals surface area contributed by atoms with E-state index in [9.17, 15) is 0 Å². The lowest BCUT2D eigenvalue weighted by atomic mass is 10.1. The Bertz CT molecular complexity index is 711. The summed E-state index contributed by atoms with van der Waals surface area (Å²) < 4.78 is 0. The van der Waals surface area contributed by atoms with Crippen molar-refractivity contribution < 1.29 is 0 Å². The number of anilines is 2. The molecule has 2 nitrogen and oxygen atoms in total. The molecule has 0 spiro atoms. The number of rotatable bonds is 3. The zero-order valence-corrected chi connectivity index (χ0v) is 12.3. The third kappa shape index (κ3) is 3.29. The summed E-state index contributed by atoms with van der Waals surface area (Å²) in [5.74, 6) is 0.856. The monoisotopic (exact) mass is 274 g/mol. The number of aromatic nitrogens is 1. The van der Waals surface area contributed by atoms with E-state index in [1.807, 2.05) is 12.3 Å². The van der Waals surface area contributed by atoms with Crippen molar-refractivity contribution in [1.82, 2.24) is 4.98 Å². The van der Waals surface area contributed by atoms with Gasteiger partial charge in [-0.05, 0) is 43.7 Å². The van der Waals surface area contributed by atoms with Crippen LogP contribution in [0.1, 0.15) is 11.1 Å². The van der Waals surface area contributed by atoms with Crippen LogP contribution in [0.2, 0.25) is 0 Å². The van der Waals surface area contributed by atoms with Crippen LogP contribution in [0.4, 0.5) is 11.5 Å². The average Bonchev–Trinajstić information content (AvgIpc) is 2.51. The van der Waals surface area contributed by atoms with E-state index in [-0.39, 0.29) is 0 Å². The average molecular weight is 274 g/mol. The highest BCUT2D eigenvalue weighted by atomic mass is 15.0. The first-order valence-corrected chi connectivity index (χ1v) is 7.07. The van der Waals surface area contributed by atoms with Gasteiger partial charge in [-0.15, -0.1) is 0 Å². The zero-order chi connectivity index (χ0) is 14.7. The SMILES string of the molecule is Cc1ccc(Nc2ccc(-c3ccc(C)cc3)cn2)cc1. The molecule has 0 unspecified atom stereocenters. The first kappa shape index (κ1) is 13.4. The molecule has 0 radical (unpaired) electrons. The molecule has 0 aliphatic rings. The zero-order valence-electron chi connectivity index (χ0n) is 12.3. The number of nitrogens with one attached hydrogen (secondary N) is 1. The van der Waals surface area contributed by atoms with Crippen molar-refractivity contribution >= 4 is 11.5 Å². The molecule has 104 valence electrons. The minimum Gasteiger partial charge on any atom is -0.340 e. The Hall–Kier alpha value is -2.61. The summed E-state index contributed by atoms with van der Waals surface area (Å²) in [5, 5.41) is 3.31. The van der Waals surface area contributed by atoms with Crippen molar-refractivity contribution in [2.45, 2.75) is 13.8 Å².